The van der Waals surface area contributed by atoms with Crippen molar-refractivity contribution in [1.82, 2.24) is 0 Å². The average molecular weight is 213 g/mol. The number of ether oxygens (including phenoxy) is 1. The molecule has 2 atom stereocenters. The maximum atomic E-state index is 11.9. The fraction of sp³-hybridized carbons (Fsp3) is 0.333. The summed E-state index contributed by atoms with van der Waals surface area (Å²) in [4.78, 5) is 9.23. The first-order chi connectivity index (χ1) is 6.83. The summed E-state index contributed by atoms with van der Waals surface area (Å²) in [6, 6.07) is 7.22. The lowest BCUT2D eigenvalue weighted by molar-refractivity contribution is -0.399. The Morgan fingerprint density at radius 3 is 2.79 bits per heavy atom. The van der Waals surface area contributed by atoms with E-state index < -0.39 is 7.80 Å². The first-order valence-electron chi connectivity index (χ1n) is 4.20. The van der Waals surface area contributed by atoms with Crippen molar-refractivity contribution in [2.75, 3.05) is 13.7 Å². The van der Waals surface area contributed by atoms with Crippen LogP contribution in [0.5, 0.6) is 5.75 Å². The van der Waals surface area contributed by atoms with Crippen molar-refractivity contribution in [1.29, 1.82) is 0 Å². The van der Waals surface area contributed by atoms with Gasteiger partial charge in [-0.15, -0.1) is 0 Å². The highest BCUT2D eigenvalue weighted by atomic mass is 31.1. The first kappa shape index (κ1) is 9.59. The van der Waals surface area contributed by atoms with Gasteiger partial charge in [0, 0.05) is 0 Å². The minimum atomic E-state index is -1.60. The molecular weight excluding hydrogens is 203 g/mol. The Morgan fingerprint density at radius 1 is 1.50 bits per heavy atom. The summed E-state index contributed by atoms with van der Waals surface area (Å²) >= 11 is 0. The van der Waals surface area contributed by atoms with Crippen molar-refractivity contribution >= 4 is 13.1 Å². The molecule has 4 nitrogen and oxygen atoms in total. The van der Waals surface area contributed by atoms with Gasteiger partial charge in [-0.25, -0.2) is 4.89 Å². The average Bonchev–Trinajstić information content (AvgIpc) is 2.15. The second-order valence-corrected chi connectivity index (χ2v) is 4.54. The number of para-hydroxylation sites is 1. The first-order valence-corrected chi connectivity index (χ1v) is 5.53. The molecule has 74 valence electrons. The van der Waals surface area contributed by atoms with E-state index in [0.717, 1.165) is 0 Å². The molecule has 2 rings (SSSR count). The third-order valence-electron chi connectivity index (χ3n) is 1.97. The van der Waals surface area contributed by atoms with Crippen LogP contribution in [0.2, 0.25) is 0 Å². The standard InChI is InChI=1S/C9H10O4P/c1-11-7-4-2-3-5-8(7)14(10)9-6-12-13-9/h2-5,9H,6H2,1H3/q+1. The monoisotopic (exact) mass is 213 g/mol. The van der Waals surface area contributed by atoms with E-state index in [1.807, 2.05) is 12.1 Å². The maximum Gasteiger partial charge on any atom is 0.417 e. The van der Waals surface area contributed by atoms with E-state index in [1.165, 1.54) is 0 Å². The lowest BCUT2D eigenvalue weighted by Gasteiger charge is -2.15. The largest absolute Gasteiger partial charge is 0.492 e. The van der Waals surface area contributed by atoms with Crippen LogP contribution in [0, 0.1) is 0 Å². The van der Waals surface area contributed by atoms with E-state index >= 15 is 0 Å². The quantitative estimate of drug-likeness (QED) is 0.562. The fourth-order valence-electron chi connectivity index (χ4n) is 1.20. The maximum absolute atomic E-state index is 11.9. The number of hydrogen-bond donors (Lipinski definition) is 0. The predicted molar refractivity (Wildman–Crippen MR) is 51.1 cm³/mol. The van der Waals surface area contributed by atoms with Crippen molar-refractivity contribution < 1.29 is 19.1 Å². The van der Waals surface area contributed by atoms with Gasteiger partial charge < -0.3 is 4.74 Å². The van der Waals surface area contributed by atoms with Gasteiger partial charge in [-0.2, -0.15) is 4.89 Å². The highest BCUT2D eigenvalue weighted by molar-refractivity contribution is 7.54. The molecule has 0 radical (unpaired) electrons. The predicted octanol–water partition coefficient (Wildman–Crippen LogP) is 1.44. The van der Waals surface area contributed by atoms with Gasteiger partial charge in [0.05, 0.1) is 7.11 Å². The number of rotatable bonds is 3. The molecule has 1 heterocycles. The SMILES string of the molecule is COc1ccccc1[P+](=O)C1COO1. The van der Waals surface area contributed by atoms with Gasteiger partial charge in [-0.3, -0.25) is 0 Å². The summed E-state index contributed by atoms with van der Waals surface area (Å²) in [5, 5.41) is 0.679. The molecule has 0 amide bonds. The van der Waals surface area contributed by atoms with Crippen LogP contribution >= 0.6 is 7.80 Å². The van der Waals surface area contributed by atoms with Gasteiger partial charge in [-0.05, 0) is 12.1 Å². The van der Waals surface area contributed by atoms with Crippen molar-refractivity contribution in [3.63, 3.8) is 0 Å². The van der Waals surface area contributed by atoms with E-state index in [0.29, 0.717) is 17.7 Å². The molecule has 1 saturated heterocycles. The van der Waals surface area contributed by atoms with E-state index in [9.17, 15) is 4.57 Å². The van der Waals surface area contributed by atoms with E-state index in [4.69, 9.17) is 9.62 Å². The summed E-state index contributed by atoms with van der Waals surface area (Å²) in [5.74, 6) is 0.297. The molecule has 0 saturated carbocycles. The molecule has 1 aliphatic heterocycles. The highest BCUT2D eigenvalue weighted by Gasteiger charge is 2.43. The molecule has 0 aliphatic carbocycles. The zero-order valence-electron chi connectivity index (χ0n) is 7.67. The topological polar surface area (TPSA) is 44.8 Å². The third-order valence-corrected chi connectivity index (χ3v) is 3.58. The summed E-state index contributed by atoms with van der Waals surface area (Å²) in [7, 11) is -0.0433. The van der Waals surface area contributed by atoms with Gasteiger partial charge >= 0.3 is 13.6 Å². The van der Waals surface area contributed by atoms with Crippen LogP contribution in [-0.2, 0) is 14.3 Å². The zero-order chi connectivity index (χ0) is 9.97. The molecule has 2 unspecified atom stereocenters. The Labute approximate surface area is 82.5 Å². The van der Waals surface area contributed by atoms with Gasteiger partial charge in [0.2, 0.25) is 5.30 Å². The summed E-state index contributed by atoms with van der Waals surface area (Å²) in [6.07, 6.45) is 0. The minimum absolute atomic E-state index is 0.332. The zero-order valence-corrected chi connectivity index (χ0v) is 8.57. The molecule has 1 aliphatic rings. The van der Waals surface area contributed by atoms with Crippen molar-refractivity contribution in [3.8, 4) is 5.75 Å². The lowest BCUT2D eigenvalue weighted by Crippen LogP contribution is -2.29. The van der Waals surface area contributed by atoms with Gasteiger partial charge in [0.15, 0.2) is 12.4 Å². The minimum Gasteiger partial charge on any atom is -0.492 e. The molecule has 0 spiro atoms. The van der Waals surface area contributed by atoms with Crippen LogP contribution in [0.1, 0.15) is 0 Å². The second-order valence-electron chi connectivity index (χ2n) is 2.83. The van der Waals surface area contributed by atoms with Crippen molar-refractivity contribution in [3.05, 3.63) is 24.3 Å². The Morgan fingerprint density at radius 2 is 2.21 bits per heavy atom. The van der Waals surface area contributed by atoms with Crippen LogP contribution in [0.4, 0.5) is 0 Å². The van der Waals surface area contributed by atoms with Gasteiger partial charge in [0.25, 0.3) is 0 Å². The van der Waals surface area contributed by atoms with E-state index in [-0.39, 0.29) is 5.85 Å². The van der Waals surface area contributed by atoms with Gasteiger partial charge in [-0.1, -0.05) is 16.7 Å². The third kappa shape index (κ3) is 1.64. The lowest BCUT2D eigenvalue weighted by atomic mass is 10.3. The molecule has 1 aromatic carbocycles. The number of benzene rings is 1. The molecule has 0 N–H and O–H groups in total. The molecule has 5 heteroatoms. The molecule has 1 fully saturated rings. The second kappa shape index (κ2) is 4.05. The van der Waals surface area contributed by atoms with E-state index in [1.54, 1.807) is 19.2 Å². The molecule has 1 aromatic rings. The molecular formula is C9H10O4P+. The van der Waals surface area contributed by atoms with Crippen LogP contribution in [-0.4, -0.2) is 19.6 Å². The molecule has 0 aromatic heterocycles. The van der Waals surface area contributed by atoms with Crippen LogP contribution < -0.4 is 10.0 Å². The summed E-state index contributed by atoms with van der Waals surface area (Å²) < 4.78 is 17.0. The Bertz CT molecular complexity index is 348. The smallest absolute Gasteiger partial charge is 0.417 e. The Balaban J connectivity index is 2.25. The molecule has 0 bridgehead atoms. The van der Waals surface area contributed by atoms with Crippen molar-refractivity contribution in [2.45, 2.75) is 5.85 Å². The van der Waals surface area contributed by atoms with Crippen LogP contribution in [0.3, 0.4) is 0 Å². The van der Waals surface area contributed by atoms with Crippen LogP contribution in [0.15, 0.2) is 24.3 Å². The summed E-state index contributed by atoms with van der Waals surface area (Å²) in [5.41, 5.74) is 0. The highest BCUT2D eigenvalue weighted by Crippen LogP contribution is 2.36. The fourth-order valence-corrected chi connectivity index (χ4v) is 2.46. The Kier molecular flexibility index (Phi) is 2.77. The van der Waals surface area contributed by atoms with Crippen molar-refractivity contribution in [2.24, 2.45) is 0 Å². The van der Waals surface area contributed by atoms with Gasteiger partial charge in [0.1, 0.15) is 0 Å². The molecule has 14 heavy (non-hydrogen) atoms. The number of hydrogen-bond acceptors (Lipinski definition) is 4. The normalized spacial score (nSPS) is 21.2. The van der Waals surface area contributed by atoms with E-state index in [2.05, 4.69) is 4.89 Å². The summed E-state index contributed by atoms with van der Waals surface area (Å²) in [6.45, 7) is 0.382. The number of methoxy groups -OCH3 is 1. The van der Waals surface area contributed by atoms with Crippen LogP contribution in [0.25, 0.3) is 0 Å². The Hall–Kier alpha value is -0.960.